The summed E-state index contributed by atoms with van der Waals surface area (Å²) in [6.45, 7) is 2.06. The van der Waals surface area contributed by atoms with Crippen molar-refractivity contribution in [2.24, 2.45) is 5.41 Å². The van der Waals surface area contributed by atoms with Crippen LogP contribution >= 0.6 is 11.3 Å². The van der Waals surface area contributed by atoms with Crippen LogP contribution in [0.3, 0.4) is 0 Å². The number of nitrogens with zero attached hydrogens (tertiary/aromatic N) is 2. The molecule has 0 saturated heterocycles. The monoisotopic (exact) mass is 459 g/mol. The quantitative estimate of drug-likeness (QED) is 0.349. The maximum atomic E-state index is 12.8. The largest absolute Gasteiger partial charge is 0.341 e. The van der Waals surface area contributed by atoms with Crippen molar-refractivity contribution in [1.82, 2.24) is 15.0 Å². The van der Waals surface area contributed by atoms with Gasteiger partial charge in [0, 0.05) is 45.3 Å². The van der Waals surface area contributed by atoms with E-state index in [1.165, 1.54) is 17.8 Å². The van der Waals surface area contributed by atoms with Crippen LogP contribution in [-0.4, -0.2) is 26.8 Å². The highest BCUT2D eigenvalue weighted by Gasteiger charge is 2.34. The maximum absolute atomic E-state index is 12.8. The van der Waals surface area contributed by atoms with Crippen LogP contribution in [0.5, 0.6) is 0 Å². The molecule has 0 unspecified atom stereocenters. The van der Waals surface area contributed by atoms with E-state index in [0.29, 0.717) is 11.5 Å². The van der Waals surface area contributed by atoms with Gasteiger partial charge in [0.05, 0.1) is 0 Å². The van der Waals surface area contributed by atoms with Crippen molar-refractivity contribution in [3.8, 4) is 10.6 Å². The first-order chi connectivity index (χ1) is 16.0. The molecule has 3 N–H and O–H groups in total. The zero-order chi connectivity index (χ0) is 22.8. The highest BCUT2D eigenvalue weighted by molar-refractivity contribution is 7.13. The molecule has 0 bridgehead atoms. The minimum atomic E-state index is -0.301. The van der Waals surface area contributed by atoms with Crippen LogP contribution in [0.2, 0.25) is 0 Å². The molecule has 4 aromatic rings. The lowest BCUT2D eigenvalue weighted by Gasteiger charge is -2.32. The van der Waals surface area contributed by atoms with E-state index >= 15 is 0 Å². The van der Waals surface area contributed by atoms with E-state index in [4.69, 9.17) is 0 Å². The van der Waals surface area contributed by atoms with Gasteiger partial charge in [0.15, 0.2) is 0 Å². The zero-order valence-electron chi connectivity index (χ0n) is 18.4. The fourth-order valence-corrected chi connectivity index (χ4v) is 5.11. The predicted molar refractivity (Wildman–Crippen MR) is 131 cm³/mol. The van der Waals surface area contributed by atoms with Crippen molar-refractivity contribution in [2.45, 2.75) is 39.0 Å². The van der Waals surface area contributed by atoms with Gasteiger partial charge >= 0.3 is 0 Å². The number of aromatic nitrogens is 3. The van der Waals surface area contributed by atoms with Gasteiger partial charge in [-0.25, -0.2) is 4.98 Å². The van der Waals surface area contributed by atoms with Crippen LogP contribution < -0.4 is 10.6 Å². The second-order valence-corrected chi connectivity index (χ2v) is 9.65. The number of fused-ring (bicyclic) bond motifs is 1. The van der Waals surface area contributed by atoms with Gasteiger partial charge in [-0.1, -0.05) is 32.3 Å². The van der Waals surface area contributed by atoms with E-state index < -0.39 is 0 Å². The number of anilines is 2. The lowest BCUT2D eigenvalue weighted by molar-refractivity contribution is -0.126. The van der Waals surface area contributed by atoms with Crippen molar-refractivity contribution >= 4 is 45.6 Å². The van der Waals surface area contributed by atoms with Crippen molar-refractivity contribution < 1.29 is 9.59 Å². The Morgan fingerprint density at radius 2 is 1.82 bits per heavy atom. The summed E-state index contributed by atoms with van der Waals surface area (Å²) in [7, 11) is 0. The Kier molecular flexibility index (Phi) is 5.68. The number of nitrogens with one attached hydrogen (secondary N) is 3. The van der Waals surface area contributed by atoms with Gasteiger partial charge in [0.25, 0.3) is 5.91 Å². The fourth-order valence-electron chi connectivity index (χ4n) is 4.30. The Hall–Kier alpha value is -3.52. The van der Waals surface area contributed by atoms with E-state index in [1.807, 2.05) is 36.4 Å². The number of amides is 2. The third-order valence-electron chi connectivity index (χ3n) is 6.30. The smallest absolute Gasteiger partial charge is 0.276 e. The topological polar surface area (TPSA) is 99.8 Å². The second kappa shape index (κ2) is 8.78. The van der Waals surface area contributed by atoms with Crippen LogP contribution in [0.1, 0.15) is 49.5 Å². The molecule has 0 radical (unpaired) electrons. The lowest BCUT2D eigenvalue weighted by atomic mass is 9.75. The van der Waals surface area contributed by atoms with E-state index in [0.717, 1.165) is 52.8 Å². The molecule has 1 aromatic carbocycles. The molecule has 5 rings (SSSR count). The third-order valence-corrected chi connectivity index (χ3v) is 7.19. The number of hydrogen-bond donors (Lipinski definition) is 3. The van der Waals surface area contributed by atoms with Gasteiger partial charge in [-0.05, 0) is 43.2 Å². The van der Waals surface area contributed by atoms with Crippen LogP contribution in [-0.2, 0) is 4.79 Å². The molecule has 33 heavy (non-hydrogen) atoms. The third kappa shape index (κ3) is 4.52. The Morgan fingerprint density at radius 3 is 2.61 bits per heavy atom. The van der Waals surface area contributed by atoms with Gasteiger partial charge in [0.2, 0.25) is 5.91 Å². The molecule has 0 aliphatic heterocycles. The van der Waals surface area contributed by atoms with Gasteiger partial charge < -0.3 is 15.6 Å². The number of H-pyrrole nitrogens is 1. The molecule has 3 aromatic heterocycles. The number of carbonyl (C=O) groups excluding carboxylic acids is 2. The Balaban J connectivity index is 1.28. The summed E-state index contributed by atoms with van der Waals surface area (Å²) in [4.78, 5) is 37.2. The first-order valence-electron chi connectivity index (χ1n) is 11.1. The second-order valence-electron chi connectivity index (χ2n) is 8.79. The molecule has 1 aliphatic carbocycles. The normalized spacial score (nSPS) is 15.3. The Morgan fingerprint density at radius 1 is 1.03 bits per heavy atom. The summed E-state index contributed by atoms with van der Waals surface area (Å²) < 4.78 is 0. The van der Waals surface area contributed by atoms with Gasteiger partial charge in [-0.15, -0.1) is 11.3 Å². The van der Waals surface area contributed by atoms with Crippen molar-refractivity contribution in [1.29, 1.82) is 0 Å². The molecule has 7 nitrogen and oxygen atoms in total. The molecule has 1 saturated carbocycles. The molecular weight excluding hydrogens is 434 g/mol. The number of carbonyl (C=O) groups is 2. The van der Waals surface area contributed by atoms with Gasteiger partial charge in [-0.3, -0.25) is 14.6 Å². The molecule has 0 atom stereocenters. The number of benzene rings is 1. The minimum absolute atomic E-state index is 0.0789. The number of aromatic amines is 1. The van der Waals surface area contributed by atoms with E-state index in [-0.39, 0.29) is 17.2 Å². The number of pyridine rings is 1. The average Bonchev–Trinajstić information content (AvgIpc) is 3.47. The minimum Gasteiger partial charge on any atom is -0.341 e. The SMILES string of the molecule is CC1(C(=O)Nc2ccc3cc(NC(=O)c4csc(-c5ccncc5)n4)[nH]c3c2)CCCCC1. The molecule has 8 heteroatoms. The molecule has 2 amide bonds. The Labute approximate surface area is 195 Å². The van der Waals surface area contributed by atoms with Crippen LogP contribution in [0.4, 0.5) is 11.5 Å². The summed E-state index contributed by atoms with van der Waals surface area (Å²) in [5, 5.41) is 9.42. The molecular formula is C25H25N5O2S. The predicted octanol–water partition coefficient (Wildman–Crippen LogP) is 5.85. The average molecular weight is 460 g/mol. The molecule has 0 spiro atoms. The molecule has 168 valence electrons. The number of thiazole rings is 1. The summed E-state index contributed by atoms with van der Waals surface area (Å²) >= 11 is 1.42. The Bertz CT molecular complexity index is 1300. The maximum Gasteiger partial charge on any atom is 0.276 e. The van der Waals surface area contributed by atoms with Gasteiger partial charge in [0.1, 0.15) is 16.5 Å². The van der Waals surface area contributed by atoms with Crippen molar-refractivity contribution in [3.63, 3.8) is 0 Å². The summed E-state index contributed by atoms with van der Waals surface area (Å²) in [6.07, 6.45) is 8.67. The van der Waals surface area contributed by atoms with Crippen LogP contribution in [0.15, 0.2) is 54.2 Å². The first kappa shape index (κ1) is 21.3. The van der Waals surface area contributed by atoms with Crippen molar-refractivity contribution in [2.75, 3.05) is 10.6 Å². The van der Waals surface area contributed by atoms with E-state index in [2.05, 4.69) is 32.5 Å². The van der Waals surface area contributed by atoms with Crippen LogP contribution in [0.25, 0.3) is 21.5 Å². The zero-order valence-corrected chi connectivity index (χ0v) is 19.2. The summed E-state index contributed by atoms with van der Waals surface area (Å²) in [5.74, 6) is 0.378. The highest BCUT2D eigenvalue weighted by atomic mass is 32.1. The van der Waals surface area contributed by atoms with Gasteiger partial charge in [-0.2, -0.15) is 0 Å². The standard InChI is InChI=1S/C25H25N5O2S/c1-25(9-3-2-4-10-25)24(32)27-18-6-5-17-13-21(28-19(17)14-18)30-22(31)20-15-33-23(29-20)16-7-11-26-12-8-16/h5-8,11-15,28H,2-4,9-10H2,1H3,(H,27,32)(H,30,31). The summed E-state index contributed by atoms with van der Waals surface area (Å²) in [5.41, 5.74) is 2.58. The highest BCUT2D eigenvalue weighted by Crippen LogP contribution is 2.37. The number of hydrogen-bond acceptors (Lipinski definition) is 5. The van der Waals surface area contributed by atoms with E-state index in [9.17, 15) is 9.59 Å². The van der Waals surface area contributed by atoms with Crippen LogP contribution in [0, 0.1) is 5.41 Å². The lowest BCUT2D eigenvalue weighted by Crippen LogP contribution is -2.35. The number of rotatable bonds is 5. The van der Waals surface area contributed by atoms with E-state index in [1.54, 1.807) is 17.8 Å². The first-order valence-corrected chi connectivity index (χ1v) is 12.0. The molecule has 3 heterocycles. The summed E-state index contributed by atoms with van der Waals surface area (Å²) in [6, 6.07) is 11.3. The molecule has 1 fully saturated rings. The fraction of sp³-hybridized carbons (Fsp3) is 0.280. The van der Waals surface area contributed by atoms with Crippen molar-refractivity contribution in [3.05, 3.63) is 59.9 Å². The molecule has 1 aliphatic rings.